The molecule has 6 nitrogen and oxygen atoms in total. The van der Waals surface area contributed by atoms with Crippen LogP contribution < -0.4 is 10.2 Å². The van der Waals surface area contributed by atoms with Crippen molar-refractivity contribution in [1.82, 2.24) is 5.43 Å². The Bertz CT molecular complexity index is 955. The van der Waals surface area contributed by atoms with E-state index in [9.17, 15) is 15.0 Å². The normalized spacial score (nSPS) is 10.7. The zero-order chi connectivity index (χ0) is 19.1. The number of nitrogens with one attached hydrogen (secondary N) is 1. The van der Waals surface area contributed by atoms with Crippen LogP contribution in [-0.4, -0.2) is 22.3 Å². The van der Waals surface area contributed by atoms with Crippen LogP contribution in [0.4, 0.5) is 0 Å². The van der Waals surface area contributed by atoms with E-state index in [-0.39, 0.29) is 23.8 Å². The summed E-state index contributed by atoms with van der Waals surface area (Å²) >= 11 is 0. The molecule has 0 aliphatic heterocycles. The van der Waals surface area contributed by atoms with Crippen LogP contribution in [0.2, 0.25) is 0 Å². The lowest BCUT2D eigenvalue weighted by molar-refractivity contribution is -0.120. The van der Waals surface area contributed by atoms with E-state index in [0.29, 0.717) is 22.6 Å². The third kappa shape index (κ3) is 5.34. The van der Waals surface area contributed by atoms with Gasteiger partial charge in [0.25, 0.3) is 0 Å². The fourth-order valence-corrected chi connectivity index (χ4v) is 2.40. The van der Waals surface area contributed by atoms with Gasteiger partial charge in [-0.3, -0.25) is 4.79 Å². The summed E-state index contributed by atoms with van der Waals surface area (Å²) in [5, 5.41) is 23.1. The largest absolute Gasteiger partial charge is 0.508 e. The Labute approximate surface area is 156 Å². The van der Waals surface area contributed by atoms with Gasteiger partial charge in [-0.15, -0.1) is 0 Å². The number of carbonyl (C=O) groups excluding carboxylic acids is 1. The van der Waals surface area contributed by atoms with Crippen molar-refractivity contribution < 1.29 is 19.7 Å². The molecule has 0 saturated carbocycles. The molecule has 0 bridgehead atoms. The number of amides is 1. The predicted octanol–water partition coefficient (Wildman–Crippen LogP) is 3.58. The van der Waals surface area contributed by atoms with Gasteiger partial charge in [0.2, 0.25) is 5.91 Å². The molecular formula is C21H18N2O4. The molecule has 27 heavy (non-hydrogen) atoms. The number of hydrogen-bond acceptors (Lipinski definition) is 5. The number of hydrogen-bond donors (Lipinski definition) is 3. The number of benzene rings is 3. The van der Waals surface area contributed by atoms with Crippen LogP contribution in [-0.2, 0) is 11.2 Å². The molecule has 1 amide bonds. The monoisotopic (exact) mass is 362 g/mol. The molecule has 3 rings (SSSR count). The first kappa shape index (κ1) is 18.0. The summed E-state index contributed by atoms with van der Waals surface area (Å²) in [4.78, 5) is 12.0. The molecule has 0 aliphatic carbocycles. The van der Waals surface area contributed by atoms with E-state index in [1.54, 1.807) is 36.4 Å². The Kier molecular flexibility index (Phi) is 5.69. The van der Waals surface area contributed by atoms with E-state index in [1.165, 1.54) is 24.4 Å². The minimum absolute atomic E-state index is 0.0611. The molecule has 0 saturated heterocycles. The molecule has 0 atom stereocenters. The Hall–Kier alpha value is -3.80. The summed E-state index contributed by atoms with van der Waals surface area (Å²) in [6.07, 6.45) is 1.53. The molecule has 0 spiro atoms. The Morgan fingerprint density at radius 1 is 0.963 bits per heavy atom. The van der Waals surface area contributed by atoms with E-state index in [2.05, 4.69) is 10.5 Å². The number of rotatable bonds is 6. The smallest absolute Gasteiger partial charge is 0.244 e. The molecule has 0 aromatic heterocycles. The lowest BCUT2D eigenvalue weighted by atomic mass is 10.1. The van der Waals surface area contributed by atoms with E-state index in [4.69, 9.17) is 4.74 Å². The van der Waals surface area contributed by atoms with Crippen LogP contribution in [0.1, 0.15) is 11.1 Å². The number of ether oxygens (including phenoxy) is 1. The molecule has 0 unspecified atom stereocenters. The highest BCUT2D eigenvalue weighted by Crippen LogP contribution is 2.27. The fraction of sp³-hybridized carbons (Fsp3) is 0.0476. The molecular weight excluding hydrogens is 344 g/mol. The zero-order valence-electron chi connectivity index (χ0n) is 14.4. The summed E-state index contributed by atoms with van der Waals surface area (Å²) in [6.45, 7) is 0. The molecule has 0 radical (unpaired) electrons. The van der Waals surface area contributed by atoms with Gasteiger partial charge in [-0.25, -0.2) is 5.43 Å². The molecule has 0 aliphatic rings. The van der Waals surface area contributed by atoms with Crippen molar-refractivity contribution in [1.29, 1.82) is 0 Å². The second-order valence-corrected chi connectivity index (χ2v) is 5.78. The quantitative estimate of drug-likeness (QED) is 0.462. The van der Waals surface area contributed by atoms with Crippen molar-refractivity contribution in [2.24, 2.45) is 5.10 Å². The second kappa shape index (κ2) is 8.53. The third-order valence-electron chi connectivity index (χ3n) is 3.64. The first-order valence-corrected chi connectivity index (χ1v) is 8.26. The van der Waals surface area contributed by atoms with Crippen molar-refractivity contribution in [3.8, 4) is 23.0 Å². The van der Waals surface area contributed by atoms with Crippen LogP contribution in [0.25, 0.3) is 0 Å². The van der Waals surface area contributed by atoms with E-state index in [1.807, 2.05) is 18.2 Å². The Morgan fingerprint density at radius 3 is 2.52 bits per heavy atom. The molecule has 3 aromatic rings. The number of phenols is 2. The van der Waals surface area contributed by atoms with Crippen molar-refractivity contribution >= 4 is 12.1 Å². The zero-order valence-corrected chi connectivity index (χ0v) is 14.4. The van der Waals surface area contributed by atoms with Crippen LogP contribution >= 0.6 is 0 Å². The number of nitrogens with zero attached hydrogens (tertiary/aromatic N) is 1. The van der Waals surface area contributed by atoms with Crippen LogP contribution in [0.3, 0.4) is 0 Å². The van der Waals surface area contributed by atoms with Crippen LogP contribution in [0.15, 0.2) is 77.9 Å². The Morgan fingerprint density at radius 2 is 1.74 bits per heavy atom. The van der Waals surface area contributed by atoms with Crippen molar-refractivity contribution in [3.63, 3.8) is 0 Å². The minimum atomic E-state index is -0.318. The lowest BCUT2D eigenvalue weighted by Crippen LogP contribution is -2.19. The number of carbonyl (C=O) groups is 1. The molecule has 0 heterocycles. The van der Waals surface area contributed by atoms with Gasteiger partial charge in [-0.05, 0) is 42.0 Å². The van der Waals surface area contributed by atoms with E-state index >= 15 is 0 Å². The number of aromatic hydroxyl groups is 2. The van der Waals surface area contributed by atoms with Crippen molar-refractivity contribution in [2.45, 2.75) is 6.42 Å². The highest BCUT2D eigenvalue weighted by molar-refractivity contribution is 5.86. The lowest BCUT2D eigenvalue weighted by Gasteiger charge is -2.09. The summed E-state index contributed by atoms with van der Waals surface area (Å²) in [5.41, 5.74) is 3.71. The molecule has 3 aromatic carbocycles. The third-order valence-corrected chi connectivity index (χ3v) is 3.64. The highest BCUT2D eigenvalue weighted by Gasteiger charge is 2.06. The molecule has 3 N–H and O–H groups in total. The topological polar surface area (TPSA) is 91.2 Å². The van der Waals surface area contributed by atoms with Crippen LogP contribution in [0, 0.1) is 0 Å². The van der Waals surface area contributed by atoms with Crippen molar-refractivity contribution in [3.05, 3.63) is 83.9 Å². The van der Waals surface area contributed by atoms with Gasteiger partial charge in [0, 0.05) is 11.6 Å². The molecule has 136 valence electrons. The predicted molar refractivity (Wildman–Crippen MR) is 102 cm³/mol. The van der Waals surface area contributed by atoms with Gasteiger partial charge >= 0.3 is 0 Å². The van der Waals surface area contributed by atoms with Gasteiger partial charge in [0.05, 0.1) is 12.6 Å². The van der Waals surface area contributed by atoms with Gasteiger partial charge < -0.3 is 14.9 Å². The highest BCUT2D eigenvalue weighted by atomic mass is 16.5. The van der Waals surface area contributed by atoms with Crippen molar-refractivity contribution in [2.75, 3.05) is 0 Å². The SMILES string of the molecule is O=C(Cc1cccc(O)c1)NN=Cc1ccc(O)cc1Oc1ccccc1. The van der Waals surface area contributed by atoms with Gasteiger partial charge in [-0.1, -0.05) is 30.3 Å². The van der Waals surface area contributed by atoms with Crippen LogP contribution in [0.5, 0.6) is 23.0 Å². The summed E-state index contributed by atoms with van der Waals surface area (Å²) in [6, 6.07) is 20.2. The van der Waals surface area contributed by atoms with Gasteiger partial charge in [0.15, 0.2) is 0 Å². The minimum Gasteiger partial charge on any atom is -0.508 e. The molecule has 0 fully saturated rings. The maximum Gasteiger partial charge on any atom is 0.244 e. The first-order valence-electron chi connectivity index (χ1n) is 8.26. The van der Waals surface area contributed by atoms with E-state index < -0.39 is 0 Å². The van der Waals surface area contributed by atoms with E-state index in [0.717, 1.165) is 0 Å². The summed E-state index contributed by atoms with van der Waals surface area (Å²) in [7, 11) is 0. The first-order chi connectivity index (χ1) is 13.1. The number of phenolic OH excluding ortho intramolecular Hbond substituents is 2. The second-order valence-electron chi connectivity index (χ2n) is 5.78. The Balaban J connectivity index is 1.66. The maximum atomic E-state index is 12.0. The summed E-state index contributed by atoms with van der Waals surface area (Å²) in [5.74, 6) is 0.876. The molecule has 6 heteroatoms. The maximum absolute atomic E-state index is 12.0. The average Bonchev–Trinajstić information content (AvgIpc) is 2.64. The van der Waals surface area contributed by atoms with Gasteiger partial charge in [0.1, 0.15) is 23.0 Å². The summed E-state index contributed by atoms with van der Waals surface area (Å²) < 4.78 is 5.76. The standard InChI is InChI=1S/C21H18N2O4/c24-17-6-4-5-15(11-17)12-21(26)23-22-14-16-9-10-18(25)13-20(16)27-19-7-2-1-3-8-19/h1-11,13-14,24-25H,12H2,(H,23,26). The number of hydrazone groups is 1. The van der Waals surface area contributed by atoms with Gasteiger partial charge in [-0.2, -0.15) is 5.10 Å². The fourth-order valence-electron chi connectivity index (χ4n) is 2.40. The number of para-hydroxylation sites is 1. The average molecular weight is 362 g/mol.